The van der Waals surface area contributed by atoms with Gasteiger partial charge in [0.15, 0.2) is 0 Å². The molecule has 1 aliphatic rings. The summed E-state index contributed by atoms with van der Waals surface area (Å²) in [6, 6.07) is 1.93. The molecule has 6 nitrogen and oxygen atoms in total. The van der Waals surface area contributed by atoms with Crippen molar-refractivity contribution >= 4 is 11.9 Å². The Balaban J connectivity index is 2.62. The van der Waals surface area contributed by atoms with Crippen LogP contribution in [0.5, 0.6) is 0 Å². The number of likely N-dealkylation sites (N-methyl/N-ethyl adjacent to an activating group) is 1. The van der Waals surface area contributed by atoms with Crippen molar-refractivity contribution in [3.63, 3.8) is 0 Å². The molecule has 16 heavy (non-hydrogen) atoms. The number of nitrogens with one attached hydrogen (secondary N) is 1. The van der Waals surface area contributed by atoms with Crippen LogP contribution in [-0.4, -0.2) is 43.5 Å². The molecule has 86 valence electrons. The number of ether oxygens (including phenoxy) is 1. The minimum Gasteiger partial charge on any atom is -0.465 e. The van der Waals surface area contributed by atoms with Gasteiger partial charge in [-0.05, 0) is 6.92 Å². The maximum absolute atomic E-state index is 11.5. The summed E-state index contributed by atoms with van der Waals surface area (Å²) in [5.74, 6) is -0.726. The lowest BCUT2D eigenvalue weighted by atomic mass is 10.2. The highest BCUT2D eigenvalue weighted by Gasteiger charge is 2.27. The molecule has 0 atom stereocenters. The monoisotopic (exact) mass is 223 g/mol. The molecular weight excluding hydrogens is 210 g/mol. The van der Waals surface area contributed by atoms with Crippen LogP contribution in [0.1, 0.15) is 6.92 Å². The third-order valence-corrected chi connectivity index (χ3v) is 2.11. The zero-order valence-corrected chi connectivity index (χ0v) is 9.24. The molecule has 0 fully saturated rings. The van der Waals surface area contributed by atoms with E-state index in [1.807, 2.05) is 6.07 Å². The molecule has 1 aliphatic heterocycles. The van der Waals surface area contributed by atoms with Gasteiger partial charge in [0.25, 0.3) is 5.91 Å². The molecule has 0 aromatic carbocycles. The molecule has 0 spiro atoms. The minimum atomic E-state index is -0.449. The van der Waals surface area contributed by atoms with Crippen LogP contribution in [0.3, 0.4) is 0 Å². The van der Waals surface area contributed by atoms with E-state index in [9.17, 15) is 9.59 Å². The predicted molar refractivity (Wildman–Crippen MR) is 54.9 cm³/mol. The molecule has 1 heterocycles. The minimum absolute atomic E-state index is 0.103. The fourth-order valence-electron chi connectivity index (χ4n) is 1.35. The van der Waals surface area contributed by atoms with E-state index in [1.165, 1.54) is 4.90 Å². The van der Waals surface area contributed by atoms with E-state index in [-0.39, 0.29) is 24.7 Å². The fourth-order valence-corrected chi connectivity index (χ4v) is 1.35. The van der Waals surface area contributed by atoms with Crippen molar-refractivity contribution < 1.29 is 14.3 Å². The highest BCUT2D eigenvalue weighted by atomic mass is 16.5. The van der Waals surface area contributed by atoms with Crippen molar-refractivity contribution in [2.45, 2.75) is 6.92 Å². The number of rotatable bonds is 4. The highest BCUT2D eigenvalue weighted by Crippen LogP contribution is 2.13. The van der Waals surface area contributed by atoms with Gasteiger partial charge in [-0.25, -0.2) is 0 Å². The van der Waals surface area contributed by atoms with E-state index in [0.29, 0.717) is 12.2 Å². The Morgan fingerprint density at radius 3 is 2.94 bits per heavy atom. The molecule has 0 saturated heterocycles. The molecular formula is C10H13N3O3. The van der Waals surface area contributed by atoms with E-state index in [1.54, 1.807) is 14.0 Å². The van der Waals surface area contributed by atoms with Crippen LogP contribution < -0.4 is 5.32 Å². The van der Waals surface area contributed by atoms with Gasteiger partial charge in [0.05, 0.1) is 24.8 Å². The van der Waals surface area contributed by atoms with Crippen LogP contribution in [0.15, 0.2) is 11.3 Å². The normalized spacial score (nSPS) is 15.1. The number of carbonyl (C=O) groups excluding carboxylic acids is 2. The Morgan fingerprint density at radius 2 is 2.38 bits per heavy atom. The molecule has 0 unspecified atom stereocenters. The molecule has 0 bridgehead atoms. The number of amides is 1. The second kappa shape index (κ2) is 5.16. The van der Waals surface area contributed by atoms with Gasteiger partial charge in [-0.15, -0.1) is 0 Å². The first-order valence-corrected chi connectivity index (χ1v) is 4.88. The van der Waals surface area contributed by atoms with E-state index in [4.69, 9.17) is 10.00 Å². The van der Waals surface area contributed by atoms with E-state index in [2.05, 4.69) is 5.32 Å². The van der Waals surface area contributed by atoms with Crippen molar-refractivity contribution in [3.05, 3.63) is 11.3 Å². The second-order valence-electron chi connectivity index (χ2n) is 3.29. The Labute approximate surface area is 93.5 Å². The molecule has 0 aromatic heterocycles. The summed E-state index contributed by atoms with van der Waals surface area (Å²) >= 11 is 0. The Kier molecular flexibility index (Phi) is 3.89. The topological polar surface area (TPSA) is 82.4 Å². The van der Waals surface area contributed by atoms with Crippen molar-refractivity contribution in [1.29, 1.82) is 5.26 Å². The van der Waals surface area contributed by atoms with Gasteiger partial charge in [-0.1, -0.05) is 0 Å². The lowest BCUT2D eigenvalue weighted by molar-refractivity contribution is -0.141. The quantitative estimate of drug-likeness (QED) is 0.643. The molecule has 1 N–H and O–H groups in total. The highest BCUT2D eigenvalue weighted by molar-refractivity contribution is 5.97. The smallest absolute Gasteiger partial charge is 0.325 e. The maximum atomic E-state index is 11.5. The lowest BCUT2D eigenvalue weighted by Crippen LogP contribution is -2.31. The van der Waals surface area contributed by atoms with Gasteiger partial charge in [-0.3, -0.25) is 9.59 Å². The summed E-state index contributed by atoms with van der Waals surface area (Å²) in [6.07, 6.45) is 0. The van der Waals surface area contributed by atoms with Crippen LogP contribution in [0, 0.1) is 11.3 Å². The largest absolute Gasteiger partial charge is 0.465 e. The number of nitriles is 1. The predicted octanol–water partition coefficient (Wildman–Crippen LogP) is -0.611. The fraction of sp³-hybridized carbons (Fsp3) is 0.500. The number of carbonyl (C=O) groups is 2. The average molecular weight is 223 g/mol. The van der Waals surface area contributed by atoms with Gasteiger partial charge in [0.2, 0.25) is 0 Å². The van der Waals surface area contributed by atoms with Crippen molar-refractivity contribution in [2.75, 3.05) is 26.7 Å². The molecule has 0 aliphatic carbocycles. The molecule has 6 heteroatoms. The zero-order valence-electron chi connectivity index (χ0n) is 9.24. The molecule has 1 amide bonds. The molecule has 0 aromatic rings. The van der Waals surface area contributed by atoms with Crippen LogP contribution in [0.25, 0.3) is 0 Å². The summed E-state index contributed by atoms with van der Waals surface area (Å²) < 4.78 is 4.70. The van der Waals surface area contributed by atoms with Crippen LogP contribution in [-0.2, 0) is 14.3 Å². The summed E-state index contributed by atoms with van der Waals surface area (Å²) in [5, 5.41) is 11.4. The first-order chi connectivity index (χ1) is 7.60. The third kappa shape index (κ3) is 2.51. The maximum Gasteiger partial charge on any atom is 0.325 e. The van der Waals surface area contributed by atoms with Gasteiger partial charge in [0, 0.05) is 7.05 Å². The first kappa shape index (κ1) is 12.0. The van der Waals surface area contributed by atoms with Crippen LogP contribution in [0.4, 0.5) is 0 Å². The van der Waals surface area contributed by atoms with Crippen molar-refractivity contribution in [2.24, 2.45) is 0 Å². The van der Waals surface area contributed by atoms with E-state index >= 15 is 0 Å². The average Bonchev–Trinajstić information content (AvgIpc) is 2.53. The Morgan fingerprint density at radius 1 is 1.69 bits per heavy atom. The summed E-state index contributed by atoms with van der Waals surface area (Å²) in [5.41, 5.74) is 0.537. The van der Waals surface area contributed by atoms with Crippen LogP contribution in [0.2, 0.25) is 0 Å². The number of hydrogen-bond acceptors (Lipinski definition) is 5. The first-order valence-electron chi connectivity index (χ1n) is 4.88. The SMILES string of the molecule is CCOC(=O)CNC1=C(C#N)CN(C)C1=O. The molecule has 1 rings (SSSR count). The van der Waals surface area contributed by atoms with E-state index < -0.39 is 5.97 Å². The van der Waals surface area contributed by atoms with Crippen LogP contribution >= 0.6 is 0 Å². The van der Waals surface area contributed by atoms with Gasteiger partial charge in [-0.2, -0.15) is 5.26 Å². The zero-order chi connectivity index (χ0) is 12.1. The number of nitrogens with zero attached hydrogens (tertiary/aromatic N) is 2. The van der Waals surface area contributed by atoms with Crippen molar-refractivity contribution in [3.8, 4) is 6.07 Å². The van der Waals surface area contributed by atoms with Gasteiger partial charge < -0.3 is 15.0 Å². The molecule has 0 radical (unpaired) electrons. The molecule has 0 saturated carbocycles. The summed E-state index contributed by atoms with van der Waals surface area (Å²) in [6.45, 7) is 2.17. The number of esters is 1. The Bertz CT molecular complexity index is 381. The Hall–Kier alpha value is -2.03. The second-order valence-corrected chi connectivity index (χ2v) is 3.29. The third-order valence-electron chi connectivity index (χ3n) is 2.11. The lowest BCUT2D eigenvalue weighted by Gasteiger charge is -2.09. The van der Waals surface area contributed by atoms with Gasteiger partial charge >= 0.3 is 5.97 Å². The van der Waals surface area contributed by atoms with Crippen molar-refractivity contribution in [1.82, 2.24) is 10.2 Å². The summed E-state index contributed by atoms with van der Waals surface area (Å²) in [4.78, 5) is 24.0. The standard InChI is InChI=1S/C10H13N3O3/c1-3-16-8(14)5-12-9-7(4-11)6-13(2)10(9)15/h12H,3,5-6H2,1-2H3. The number of hydrogen-bond donors (Lipinski definition) is 1. The summed E-state index contributed by atoms with van der Waals surface area (Å²) in [7, 11) is 1.60. The van der Waals surface area contributed by atoms with Gasteiger partial charge in [0.1, 0.15) is 12.2 Å². The van der Waals surface area contributed by atoms with E-state index in [0.717, 1.165) is 0 Å².